The molecule has 1 fully saturated rings. The van der Waals surface area contributed by atoms with Crippen LogP contribution in [-0.2, 0) is 9.59 Å². The molecule has 2 N–H and O–H groups in total. The molecule has 1 saturated heterocycles. The molecule has 18 heavy (non-hydrogen) atoms. The van der Waals surface area contributed by atoms with E-state index in [0.29, 0.717) is 18.9 Å². The van der Waals surface area contributed by atoms with Crippen molar-refractivity contribution in [1.82, 2.24) is 10.2 Å². The first-order chi connectivity index (χ1) is 8.24. The van der Waals surface area contributed by atoms with Crippen LogP contribution in [0.5, 0.6) is 0 Å². The maximum absolute atomic E-state index is 11.9. The summed E-state index contributed by atoms with van der Waals surface area (Å²) in [5.74, 6) is -0.450. The number of carboxylic acid groups (broad SMARTS) is 1. The van der Waals surface area contributed by atoms with Crippen molar-refractivity contribution in [1.29, 1.82) is 0 Å². The van der Waals surface area contributed by atoms with Gasteiger partial charge in [-0.2, -0.15) is 0 Å². The van der Waals surface area contributed by atoms with Gasteiger partial charge in [0.25, 0.3) is 0 Å². The number of nitrogens with zero attached hydrogens (tertiary/aromatic N) is 1. The predicted octanol–water partition coefficient (Wildman–Crippen LogP) is 1.09. The fraction of sp³-hybridized carbons (Fsp3) is 0.846. The average molecular weight is 256 g/mol. The summed E-state index contributed by atoms with van der Waals surface area (Å²) in [5.41, 5.74) is -0.124. The first-order valence-electron chi connectivity index (χ1n) is 6.50. The number of nitrogens with one attached hydrogen (secondary N) is 1. The van der Waals surface area contributed by atoms with Crippen molar-refractivity contribution in [3.8, 4) is 0 Å². The molecule has 104 valence electrons. The molecule has 5 nitrogen and oxygen atoms in total. The lowest BCUT2D eigenvalue weighted by Crippen LogP contribution is -2.66. The van der Waals surface area contributed by atoms with Crippen LogP contribution >= 0.6 is 0 Å². The van der Waals surface area contributed by atoms with E-state index in [9.17, 15) is 9.59 Å². The molecule has 0 radical (unpaired) electrons. The zero-order valence-corrected chi connectivity index (χ0v) is 11.7. The van der Waals surface area contributed by atoms with Gasteiger partial charge in [0.05, 0.1) is 6.04 Å². The number of carbonyl (C=O) groups is 2. The Kier molecular flexibility index (Phi) is 4.73. The minimum absolute atomic E-state index is 0.0305. The summed E-state index contributed by atoms with van der Waals surface area (Å²) in [6.45, 7) is 9.81. The van der Waals surface area contributed by atoms with Crippen LogP contribution in [0, 0.1) is 5.92 Å². The summed E-state index contributed by atoms with van der Waals surface area (Å²) in [7, 11) is 0. The van der Waals surface area contributed by atoms with Crippen LogP contribution in [-0.4, -0.2) is 46.6 Å². The van der Waals surface area contributed by atoms with E-state index in [1.807, 2.05) is 0 Å². The monoisotopic (exact) mass is 256 g/mol. The normalized spacial score (nSPS) is 24.1. The van der Waals surface area contributed by atoms with Crippen molar-refractivity contribution in [3.05, 3.63) is 0 Å². The van der Waals surface area contributed by atoms with Crippen molar-refractivity contribution in [3.63, 3.8) is 0 Å². The molecule has 0 aliphatic carbocycles. The van der Waals surface area contributed by atoms with Crippen molar-refractivity contribution < 1.29 is 14.7 Å². The number of hydrogen-bond acceptors (Lipinski definition) is 3. The van der Waals surface area contributed by atoms with Crippen LogP contribution in [0.4, 0.5) is 0 Å². The Morgan fingerprint density at radius 1 is 1.56 bits per heavy atom. The second-order valence-corrected chi connectivity index (χ2v) is 6.02. The van der Waals surface area contributed by atoms with E-state index >= 15 is 0 Å². The fourth-order valence-corrected chi connectivity index (χ4v) is 2.40. The first-order valence-corrected chi connectivity index (χ1v) is 6.50. The summed E-state index contributed by atoms with van der Waals surface area (Å²) in [5, 5.41) is 11.7. The Morgan fingerprint density at radius 2 is 2.17 bits per heavy atom. The third-order valence-electron chi connectivity index (χ3n) is 3.35. The maximum Gasteiger partial charge on any atom is 0.303 e. The van der Waals surface area contributed by atoms with Crippen molar-refractivity contribution >= 4 is 11.9 Å². The summed E-state index contributed by atoms with van der Waals surface area (Å²) in [6.07, 6.45) is 0.403. The molecule has 0 spiro atoms. The number of aliphatic carboxylic acids is 1. The highest BCUT2D eigenvalue weighted by Crippen LogP contribution is 2.25. The van der Waals surface area contributed by atoms with E-state index in [2.05, 4.69) is 37.9 Å². The number of carbonyl (C=O) groups excluding carboxylic acids is 1. The molecule has 1 rings (SSSR count). The molecule has 5 heteroatoms. The van der Waals surface area contributed by atoms with E-state index in [0.717, 1.165) is 6.54 Å². The number of carboxylic acids is 1. The van der Waals surface area contributed by atoms with Gasteiger partial charge >= 0.3 is 5.97 Å². The van der Waals surface area contributed by atoms with Crippen LogP contribution < -0.4 is 5.32 Å². The smallest absolute Gasteiger partial charge is 0.303 e. The van der Waals surface area contributed by atoms with Crippen LogP contribution in [0.25, 0.3) is 0 Å². The second-order valence-electron chi connectivity index (χ2n) is 6.02. The van der Waals surface area contributed by atoms with Gasteiger partial charge in [-0.25, -0.2) is 0 Å². The van der Waals surface area contributed by atoms with Crippen LogP contribution in [0.1, 0.15) is 40.5 Å². The molecule has 1 aliphatic rings. The first kappa shape index (κ1) is 15.0. The molecular weight excluding hydrogens is 232 g/mol. The van der Waals surface area contributed by atoms with E-state index in [4.69, 9.17) is 5.11 Å². The Balaban J connectivity index is 2.83. The molecule has 1 amide bonds. The number of hydrogen-bond donors (Lipinski definition) is 2. The molecule has 0 bridgehead atoms. The minimum atomic E-state index is -0.851. The zero-order chi connectivity index (χ0) is 13.9. The van der Waals surface area contributed by atoms with E-state index in [-0.39, 0.29) is 23.9 Å². The van der Waals surface area contributed by atoms with Gasteiger partial charge in [0.1, 0.15) is 0 Å². The molecule has 1 atom stereocenters. The zero-order valence-electron chi connectivity index (χ0n) is 11.7. The van der Waals surface area contributed by atoms with Gasteiger partial charge in [-0.15, -0.1) is 0 Å². The number of amides is 1. The summed E-state index contributed by atoms with van der Waals surface area (Å²) in [4.78, 5) is 24.8. The number of rotatable bonds is 5. The lowest BCUT2D eigenvalue weighted by Gasteiger charge is -2.48. The standard InChI is InChI=1S/C13H24N2O3/c1-9(2)7-15-10(5-6-11(16)17)12(18)14-8-13(15,3)4/h9-10H,5-8H2,1-4H3,(H,14,18)(H,16,17). The molecule has 1 aliphatic heterocycles. The lowest BCUT2D eigenvalue weighted by atomic mass is 9.92. The molecule has 0 aromatic rings. The highest BCUT2D eigenvalue weighted by Gasteiger charge is 2.40. The van der Waals surface area contributed by atoms with Gasteiger partial charge in [0.15, 0.2) is 0 Å². The topological polar surface area (TPSA) is 69.6 Å². The summed E-state index contributed by atoms with van der Waals surface area (Å²) in [6, 6.07) is -0.327. The molecule has 1 heterocycles. The molecule has 0 saturated carbocycles. The van der Waals surface area contributed by atoms with E-state index in [1.165, 1.54) is 0 Å². The van der Waals surface area contributed by atoms with Gasteiger partial charge in [-0.1, -0.05) is 13.8 Å². The van der Waals surface area contributed by atoms with E-state index < -0.39 is 5.97 Å². The third-order valence-corrected chi connectivity index (χ3v) is 3.35. The van der Waals surface area contributed by atoms with Gasteiger partial charge in [-0.3, -0.25) is 14.5 Å². The Hall–Kier alpha value is -1.10. The average Bonchev–Trinajstić information content (AvgIpc) is 2.22. The molecule has 0 aromatic carbocycles. The molecular formula is C13H24N2O3. The van der Waals surface area contributed by atoms with Gasteiger partial charge in [-0.05, 0) is 26.2 Å². The second kappa shape index (κ2) is 5.69. The van der Waals surface area contributed by atoms with Crippen molar-refractivity contribution in [2.75, 3.05) is 13.1 Å². The predicted molar refractivity (Wildman–Crippen MR) is 69.3 cm³/mol. The van der Waals surface area contributed by atoms with Crippen LogP contribution in [0.15, 0.2) is 0 Å². The third kappa shape index (κ3) is 3.70. The van der Waals surface area contributed by atoms with Crippen molar-refractivity contribution in [2.24, 2.45) is 5.92 Å². The van der Waals surface area contributed by atoms with Crippen molar-refractivity contribution in [2.45, 2.75) is 52.1 Å². The Morgan fingerprint density at radius 3 is 2.67 bits per heavy atom. The quantitative estimate of drug-likeness (QED) is 0.772. The summed E-state index contributed by atoms with van der Waals surface area (Å²) < 4.78 is 0. The largest absolute Gasteiger partial charge is 0.481 e. The fourth-order valence-electron chi connectivity index (χ4n) is 2.40. The van der Waals surface area contributed by atoms with Crippen LogP contribution in [0.3, 0.4) is 0 Å². The SMILES string of the molecule is CC(C)CN1C(CCC(=O)O)C(=O)NCC1(C)C. The van der Waals surface area contributed by atoms with Gasteiger partial charge < -0.3 is 10.4 Å². The minimum Gasteiger partial charge on any atom is -0.481 e. The molecule has 1 unspecified atom stereocenters. The highest BCUT2D eigenvalue weighted by atomic mass is 16.4. The van der Waals surface area contributed by atoms with Crippen LogP contribution in [0.2, 0.25) is 0 Å². The maximum atomic E-state index is 11.9. The van der Waals surface area contributed by atoms with Gasteiger partial charge in [0.2, 0.25) is 5.91 Å². The number of piperazine rings is 1. The Bertz CT molecular complexity index is 326. The lowest BCUT2D eigenvalue weighted by molar-refractivity contribution is -0.139. The Labute approximate surface area is 109 Å². The molecule has 0 aromatic heterocycles. The summed E-state index contributed by atoms with van der Waals surface area (Å²) >= 11 is 0. The van der Waals surface area contributed by atoms with E-state index in [1.54, 1.807) is 0 Å². The highest BCUT2D eigenvalue weighted by molar-refractivity contribution is 5.83. The van der Waals surface area contributed by atoms with Gasteiger partial charge in [0, 0.05) is 25.0 Å².